The molecule has 0 unspecified atom stereocenters. The van der Waals surface area contributed by atoms with Crippen molar-refractivity contribution in [1.82, 2.24) is 15.0 Å². The molecule has 2 aromatic heterocycles. The molecule has 5 nitrogen and oxygen atoms in total. The molecule has 6 heteroatoms. The van der Waals surface area contributed by atoms with Crippen molar-refractivity contribution in [2.45, 2.75) is 25.4 Å². The van der Waals surface area contributed by atoms with Crippen molar-refractivity contribution >= 4 is 23.4 Å². The average Bonchev–Trinajstić information content (AvgIpc) is 2.62. The molecule has 26 heavy (non-hydrogen) atoms. The lowest BCUT2D eigenvalue weighted by Gasteiger charge is -2.07. The molecule has 0 saturated heterocycles. The molecule has 1 amide bonds. The van der Waals surface area contributed by atoms with Gasteiger partial charge in [0.05, 0.1) is 5.75 Å². The van der Waals surface area contributed by atoms with E-state index in [1.807, 2.05) is 56.3 Å². The lowest BCUT2D eigenvalue weighted by Crippen LogP contribution is -2.14. The van der Waals surface area contributed by atoms with Gasteiger partial charge in [0.25, 0.3) is 0 Å². The molecule has 132 valence electrons. The fourth-order valence-corrected chi connectivity index (χ4v) is 3.28. The zero-order chi connectivity index (χ0) is 18.4. The Bertz CT molecular complexity index is 862. The van der Waals surface area contributed by atoms with Crippen molar-refractivity contribution < 1.29 is 4.79 Å². The number of amides is 1. The highest BCUT2D eigenvalue weighted by atomic mass is 32.2. The van der Waals surface area contributed by atoms with Gasteiger partial charge in [-0.25, -0.2) is 9.97 Å². The summed E-state index contributed by atoms with van der Waals surface area (Å²) in [5.74, 6) is 0.210. The van der Waals surface area contributed by atoms with Crippen molar-refractivity contribution in [1.29, 1.82) is 0 Å². The second-order valence-electron chi connectivity index (χ2n) is 6.00. The summed E-state index contributed by atoms with van der Waals surface area (Å²) in [4.78, 5) is 24.8. The molecule has 0 aliphatic heterocycles. The third kappa shape index (κ3) is 5.39. The molecule has 0 spiro atoms. The summed E-state index contributed by atoms with van der Waals surface area (Å²) >= 11 is 1.34. The number of thioether (sulfide) groups is 1. The predicted molar refractivity (Wildman–Crippen MR) is 104 cm³/mol. The van der Waals surface area contributed by atoms with Crippen LogP contribution >= 0.6 is 11.8 Å². The number of rotatable bonds is 6. The molecule has 1 aromatic carbocycles. The van der Waals surface area contributed by atoms with Crippen molar-refractivity contribution in [2.24, 2.45) is 0 Å². The van der Waals surface area contributed by atoms with Crippen LogP contribution in [0, 0.1) is 13.8 Å². The highest BCUT2D eigenvalue weighted by Gasteiger charge is 2.07. The van der Waals surface area contributed by atoms with Crippen molar-refractivity contribution in [2.75, 3.05) is 11.1 Å². The number of carbonyl (C=O) groups is 1. The van der Waals surface area contributed by atoms with Gasteiger partial charge < -0.3 is 5.32 Å². The molecule has 0 aliphatic rings. The van der Waals surface area contributed by atoms with Gasteiger partial charge in [-0.05, 0) is 61.7 Å². The maximum atomic E-state index is 12.1. The number of nitrogens with one attached hydrogen (secondary N) is 1. The Balaban J connectivity index is 1.52. The van der Waals surface area contributed by atoms with Gasteiger partial charge in [0, 0.05) is 29.5 Å². The molecular weight excluding hydrogens is 344 g/mol. The molecule has 3 aromatic rings. The number of pyridine rings is 1. The van der Waals surface area contributed by atoms with Crippen LogP contribution in [0.1, 0.15) is 22.5 Å². The van der Waals surface area contributed by atoms with E-state index in [0.29, 0.717) is 5.16 Å². The second kappa shape index (κ2) is 8.58. The number of hydrogen-bond donors (Lipinski definition) is 1. The monoisotopic (exact) mass is 364 g/mol. The molecule has 0 bridgehead atoms. The third-order valence-electron chi connectivity index (χ3n) is 3.69. The second-order valence-corrected chi connectivity index (χ2v) is 6.94. The summed E-state index contributed by atoms with van der Waals surface area (Å²) in [6, 6.07) is 13.8. The van der Waals surface area contributed by atoms with Crippen molar-refractivity contribution in [3.8, 4) is 0 Å². The largest absolute Gasteiger partial charge is 0.325 e. The summed E-state index contributed by atoms with van der Waals surface area (Å²) in [6.45, 7) is 3.85. The first kappa shape index (κ1) is 18.1. The predicted octanol–water partition coefficient (Wildman–Crippen LogP) is 3.81. The van der Waals surface area contributed by atoms with Gasteiger partial charge in [0.1, 0.15) is 0 Å². The Morgan fingerprint density at radius 2 is 1.58 bits per heavy atom. The zero-order valence-electron chi connectivity index (χ0n) is 14.8. The van der Waals surface area contributed by atoms with Crippen LogP contribution in [0.15, 0.2) is 60.0 Å². The fourth-order valence-electron chi connectivity index (χ4n) is 2.53. The van der Waals surface area contributed by atoms with E-state index >= 15 is 0 Å². The standard InChI is InChI=1S/C20H20N4OS/c1-14-11-15(2)23-20(22-14)26-13-19(25)24-18-5-3-16(4-6-18)12-17-7-9-21-10-8-17/h3-11H,12-13H2,1-2H3,(H,24,25). The Kier molecular flexibility index (Phi) is 5.96. The molecule has 0 radical (unpaired) electrons. The van der Waals surface area contributed by atoms with Crippen LogP contribution in [-0.4, -0.2) is 26.6 Å². The first-order valence-electron chi connectivity index (χ1n) is 8.31. The number of aromatic nitrogens is 3. The molecule has 3 rings (SSSR count). The van der Waals surface area contributed by atoms with Crippen LogP contribution in [0.25, 0.3) is 0 Å². The number of carbonyl (C=O) groups excluding carboxylic acids is 1. The molecule has 2 heterocycles. The van der Waals surface area contributed by atoms with E-state index in [-0.39, 0.29) is 11.7 Å². The van der Waals surface area contributed by atoms with E-state index in [0.717, 1.165) is 23.5 Å². The van der Waals surface area contributed by atoms with E-state index < -0.39 is 0 Å². The summed E-state index contributed by atoms with van der Waals surface area (Å²) in [5, 5.41) is 3.54. The van der Waals surface area contributed by atoms with Gasteiger partial charge in [-0.3, -0.25) is 9.78 Å². The minimum atomic E-state index is -0.0698. The van der Waals surface area contributed by atoms with Gasteiger partial charge in [0.2, 0.25) is 5.91 Å². The maximum Gasteiger partial charge on any atom is 0.234 e. The number of hydrogen-bond acceptors (Lipinski definition) is 5. The van der Waals surface area contributed by atoms with Gasteiger partial charge in [-0.2, -0.15) is 0 Å². The normalized spacial score (nSPS) is 10.5. The maximum absolute atomic E-state index is 12.1. The van der Waals surface area contributed by atoms with Crippen LogP contribution < -0.4 is 5.32 Å². The van der Waals surface area contributed by atoms with Crippen LogP contribution in [0.2, 0.25) is 0 Å². The highest BCUT2D eigenvalue weighted by Crippen LogP contribution is 2.16. The topological polar surface area (TPSA) is 67.8 Å². The van der Waals surface area contributed by atoms with Crippen molar-refractivity contribution in [3.05, 3.63) is 77.4 Å². The van der Waals surface area contributed by atoms with E-state index in [1.54, 1.807) is 12.4 Å². The van der Waals surface area contributed by atoms with Gasteiger partial charge in [0.15, 0.2) is 5.16 Å². The lowest BCUT2D eigenvalue weighted by molar-refractivity contribution is -0.113. The minimum Gasteiger partial charge on any atom is -0.325 e. The number of aryl methyl sites for hydroxylation is 2. The van der Waals surface area contributed by atoms with E-state index in [9.17, 15) is 4.79 Å². The van der Waals surface area contributed by atoms with Gasteiger partial charge >= 0.3 is 0 Å². The van der Waals surface area contributed by atoms with Crippen molar-refractivity contribution in [3.63, 3.8) is 0 Å². The number of anilines is 1. The lowest BCUT2D eigenvalue weighted by atomic mass is 10.1. The van der Waals surface area contributed by atoms with Crippen LogP contribution in [0.3, 0.4) is 0 Å². The first-order chi connectivity index (χ1) is 12.6. The Morgan fingerprint density at radius 3 is 2.23 bits per heavy atom. The number of benzene rings is 1. The summed E-state index contributed by atoms with van der Waals surface area (Å²) in [7, 11) is 0. The Labute approximate surface area is 157 Å². The molecule has 0 saturated carbocycles. The first-order valence-corrected chi connectivity index (χ1v) is 9.30. The van der Waals surface area contributed by atoms with Crippen LogP contribution in [0.5, 0.6) is 0 Å². The molecule has 0 atom stereocenters. The molecule has 0 fully saturated rings. The third-order valence-corrected chi connectivity index (χ3v) is 4.54. The van der Waals surface area contributed by atoms with E-state index in [1.165, 1.54) is 22.9 Å². The quantitative estimate of drug-likeness (QED) is 0.532. The van der Waals surface area contributed by atoms with Crippen LogP contribution in [-0.2, 0) is 11.2 Å². The summed E-state index contributed by atoms with van der Waals surface area (Å²) in [5.41, 5.74) is 5.00. The fraction of sp³-hybridized carbons (Fsp3) is 0.200. The molecular formula is C20H20N4OS. The summed E-state index contributed by atoms with van der Waals surface area (Å²) < 4.78 is 0. The van der Waals surface area contributed by atoms with Gasteiger partial charge in [-0.1, -0.05) is 23.9 Å². The minimum absolute atomic E-state index is 0.0698. The zero-order valence-corrected chi connectivity index (χ0v) is 15.6. The number of nitrogens with zero attached hydrogens (tertiary/aromatic N) is 3. The van der Waals surface area contributed by atoms with E-state index in [2.05, 4.69) is 20.3 Å². The smallest absolute Gasteiger partial charge is 0.234 e. The summed E-state index contributed by atoms with van der Waals surface area (Å²) in [6.07, 6.45) is 4.43. The molecule has 0 aliphatic carbocycles. The SMILES string of the molecule is Cc1cc(C)nc(SCC(=O)Nc2ccc(Cc3ccncc3)cc2)n1. The average molecular weight is 364 g/mol. The van der Waals surface area contributed by atoms with Gasteiger partial charge in [-0.15, -0.1) is 0 Å². The van der Waals surface area contributed by atoms with E-state index in [4.69, 9.17) is 0 Å². The van der Waals surface area contributed by atoms with Crippen LogP contribution in [0.4, 0.5) is 5.69 Å². The highest BCUT2D eigenvalue weighted by molar-refractivity contribution is 7.99. The Hall–Kier alpha value is -2.73. The molecule has 1 N–H and O–H groups in total. The Morgan fingerprint density at radius 1 is 0.962 bits per heavy atom.